The van der Waals surface area contributed by atoms with Crippen molar-refractivity contribution in [1.82, 2.24) is 0 Å². The summed E-state index contributed by atoms with van der Waals surface area (Å²) in [5.41, 5.74) is 7.68. The van der Waals surface area contributed by atoms with E-state index >= 15 is 0 Å². The summed E-state index contributed by atoms with van der Waals surface area (Å²) in [6, 6.07) is 11.5. The first-order valence-electron chi connectivity index (χ1n) is 6.18. The molecule has 0 spiro atoms. The average molecular weight is 308 g/mol. The lowest BCUT2D eigenvalue weighted by Gasteiger charge is -2.12. The van der Waals surface area contributed by atoms with Gasteiger partial charge in [0.05, 0.1) is 11.3 Å². The van der Waals surface area contributed by atoms with E-state index in [2.05, 4.69) is 5.32 Å². The third-order valence-electron chi connectivity index (χ3n) is 2.80. The van der Waals surface area contributed by atoms with Crippen LogP contribution in [0.2, 0.25) is 0 Å². The van der Waals surface area contributed by atoms with Crippen LogP contribution in [0.3, 0.4) is 0 Å². The third-order valence-corrected chi connectivity index (χ3v) is 3.59. The molecule has 0 heterocycles. The summed E-state index contributed by atoms with van der Waals surface area (Å²) in [5, 5.41) is 2.63. The molecule has 0 bridgehead atoms. The molecule has 3 nitrogen and oxygen atoms in total. The number of nitrogens with one attached hydrogen (secondary N) is 1. The highest BCUT2D eigenvalue weighted by molar-refractivity contribution is 7.99. The Hall–Kier alpha value is -2.08. The average Bonchev–Trinajstić information content (AvgIpc) is 2.43. The Bertz CT molecular complexity index is 662. The fourth-order valence-electron chi connectivity index (χ4n) is 1.83. The minimum atomic E-state index is -2.55. The number of hydrogen-bond acceptors (Lipinski definition) is 3. The van der Waals surface area contributed by atoms with Crippen LogP contribution in [0.1, 0.15) is 15.9 Å². The molecule has 110 valence electrons. The number of nitrogens with two attached hydrogens (primary N) is 1. The first-order valence-corrected chi connectivity index (χ1v) is 7.06. The fraction of sp³-hybridized carbons (Fsp3) is 0.133. The number of halogens is 2. The predicted octanol–water partition coefficient (Wildman–Crippen LogP) is 4.14. The number of hydrogen-bond donors (Lipinski definition) is 2. The molecule has 0 fully saturated rings. The second kappa shape index (κ2) is 6.58. The van der Waals surface area contributed by atoms with Gasteiger partial charge in [0.15, 0.2) is 0 Å². The van der Waals surface area contributed by atoms with Gasteiger partial charge in [-0.25, -0.2) is 0 Å². The molecule has 2 rings (SSSR count). The Kier molecular flexibility index (Phi) is 4.80. The molecule has 3 N–H and O–H groups in total. The van der Waals surface area contributed by atoms with E-state index in [0.29, 0.717) is 33.6 Å². The fourth-order valence-corrected chi connectivity index (χ4v) is 2.42. The molecule has 0 radical (unpaired) electrons. The van der Waals surface area contributed by atoms with E-state index in [4.69, 9.17) is 5.73 Å². The molecule has 0 aromatic heterocycles. The van der Waals surface area contributed by atoms with Gasteiger partial charge in [0, 0.05) is 10.6 Å². The molecular weight excluding hydrogens is 294 g/mol. The molecule has 0 saturated carbocycles. The number of para-hydroxylation sites is 1. The third kappa shape index (κ3) is 3.95. The maximum atomic E-state index is 12.5. The quantitative estimate of drug-likeness (QED) is 0.659. The molecule has 21 heavy (non-hydrogen) atoms. The summed E-state index contributed by atoms with van der Waals surface area (Å²) in [6.45, 7) is 1.84. The second-order valence-corrected chi connectivity index (χ2v) is 5.45. The predicted molar refractivity (Wildman–Crippen MR) is 81.8 cm³/mol. The number of aryl methyl sites for hydroxylation is 1. The number of alkyl halides is 2. The lowest BCUT2D eigenvalue weighted by Crippen LogP contribution is -2.14. The van der Waals surface area contributed by atoms with E-state index < -0.39 is 11.7 Å². The summed E-state index contributed by atoms with van der Waals surface area (Å²) in [7, 11) is 0. The van der Waals surface area contributed by atoms with E-state index in [1.54, 1.807) is 36.4 Å². The number of rotatable bonds is 4. The van der Waals surface area contributed by atoms with E-state index in [-0.39, 0.29) is 0 Å². The van der Waals surface area contributed by atoms with Crippen molar-refractivity contribution in [3.05, 3.63) is 53.6 Å². The number of thioether (sulfide) groups is 1. The Labute approximate surface area is 125 Å². The van der Waals surface area contributed by atoms with Crippen molar-refractivity contribution in [2.75, 3.05) is 11.1 Å². The normalized spacial score (nSPS) is 10.7. The van der Waals surface area contributed by atoms with E-state index in [1.165, 1.54) is 6.07 Å². The van der Waals surface area contributed by atoms with Crippen LogP contribution in [0.15, 0.2) is 47.4 Å². The van der Waals surface area contributed by atoms with Crippen molar-refractivity contribution in [1.29, 1.82) is 0 Å². The van der Waals surface area contributed by atoms with Gasteiger partial charge in [0.1, 0.15) is 0 Å². The number of amides is 1. The van der Waals surface area contributed by atoms with Crippen LogP contribution in [0, 0.1) is 6.92 Å². The SMILES string of the molecule is Cc1ccc(N)c(C(=O)Nc2ccccc2SC(F)F)c1. The lowest BCUT2D eigenvalue weighted by atomic mass is 10.1. The molecule has 6 heteroatoms. The van der Waals surface area contributed by atoms with Gasteiger partial charge in [0.25, 0.3) is 11.7 Å². The van der Waals surface area contributed by atoms with Crippen LogP contribution in [0.5, 0.6) is 0 Å². The zero-order valence-electron chi connectivity index (χ0n) is 11.3. The molecule has 0 aliphatic heterocycles. The van der Waals surface area contributed by atoms with Crippen molar-refractivity contribution in [2.24, 2.45) is 0 Å². The monoisotopic (exact) mass is 308 g/mol. The van der Waals surface area contributed by atoms with Gasteiger partial charge >= 0.3 is 0 Å². The molecule has 0 saturated heterocycles. The molecule has 2 aromatic rings. The highest BCUT2D eigenvalue weighted by Gasteiger charge is 2.14. The Balaban J connectivity index is 2.25. The van der Waals surface area contributed by atoms with Gasteiger partial charge in [-0.1, -0.05) is 35.5 Å². The van der Waals surface area contributed by atoms with Crippen LogP contribution >= 0.6 is 11.8 Å². The topological polar surface area (TPSA) is 55.1 Å². The molecular formula is C15H14F2N2OS. The summed E-state index contributed by atoms with van der Waals surface area (Å²) in [4.78, 5) is 12.5. The Morgan fingerprint density at radius 2 is 1.95 bits per heavy atom. The zero-order valence-corrected chi connectivity index (χ0v) is 12.1. The van der Waals surface area contributed by atoms with Crippen molar-refractivity contribution in [3.63, 3.8) is 0 Å². The van der Waals surface area contributed by atoms with Crippen LogP contribution in [0.4, 0.5) is 20.2 Å². The first kappa shape index (κ1) is 15.3. The Morgan fingerprint density at radius 1 is 1.24 bits per heavy atom. The van der Waals surface area contributed by atoms with Crippen molar-refractivity contribution in [2.45, 2.75) is 17.6 Å². The summed E-state index contributed by atoms with van der Waals surface area (Å²) in [5.74, 6) is -2.97. The largest absolute Gasteiger partial charge is 0.398 e. The summed E-state index contributed by atoms with van der Waals surface area (Å²) >= 11 is 0.390. The van der Waals surface area contributed by atoms with Gasteiger partial charge in [-0.2, -0.15) is 8.78 Å². The molecule has 0 atom stereocenters. The maximum absolute atomic E-state index is 12.5. The first-order chi connectivity index (χ1) is 9.97. The second-order valence-electron chi connectivity index (χ2n) is 4.42. The van der Waals surface area contributed by atoms with Gasteiger partial charge in [-0.05, 0) is 31.2 Å². The van der Waals surface area contributed by atoms with Crippen molar-refractivity contribution in [3.8, 4) is 0 Å². The number of benzene rings is 2. The van der Waals surface area contributed by atoms with E-state index in [0.717, 1.165) is 5.56 Å². The number of carbonyl (C=O) groups is 1. The van der Waals surface area contributed by atoms with Gasteiger partial charge in [0.2, 0.25) is 0 Å². The van der Waals surface area contributed by atoms with Crippen molar-refractivity contribution < 1.29 is 13.6 Å². The van der Waals surface area contributed by atoms with Crippen LogP contribution in [0.25, 0.3) is 0 Å². The maximum Gasteiger partial charge on any atom is 0.288 e. The standard InChI is InChI=1S/C15H14F2N2OS/c1-9-6-7-11(18)10(8-9)14(20)19-12-4-2-3-5-13(12)21-15(16)17/h2-8,15H,18H2,1H3,(H,19,20). The zero-order chi connectivity index (χ0) is 15.4. The smallest absolute Gasteiger partial charge is 0.288 e. The number of nitrogen functional groups attached to an aromatic ring is 1. The lowest BCUT2D eigenvalue weighted by molar-refractivity contribution is 0.102. The van der Waals surface area contributed by atoms with Gasteiger partial charge < -0.3 is 11.1 Å². The minimum absolute atomic E-state index is 0.312. The molecule has 1 amide bonds. The summed E-state index contributed by atoms with van der Waals surface area (Å²) in [6.07, 6.45) is 0. The van der Waals surface area contributed by atoms with Gasteiger partial charge in [-0.3, -0.25) is 4.79 Å². The number of carbonyl (C=O) groups excluding carboxylic acids is 1. The molecule has 0 aliphatic rings. The molecule has 0 unspecified atom stereocenters. The van der Waals surface area contributed by atoms with Crippen molar-refractivity contribution >= 4 is 29.0 Å². The van der Waals surface area contributed by atoms with Crippen LogP contribution in [-0.2, 0) is 0 Å². The number of anilines is 2. The molecule has 0 aliphatic carbocycles. The van der Waals surface area contributed by atoms with Crippen LogP contribution < -0.4 is 11.1 Å². The van der Waals surface area contributed by atoms with Crippen LogP contribution in [-0.4, -0.2) is 11.7 Å². The highest BCUT2D eigenvalue weighted by Crippen LogP contribution is 2.32. The molecule has 2 aromatic carbocycles. The minimum Gasteiger partial charge on any atom is -0.398 e. The van der Waals surface area contributed by atoms with Gasteiger partial charge in [-0.15, -0.1) is 0 Å². The highest BCUT2D eigenvalue weighted by atomic mass is 32.2. The van der Waals surface area contributed by atoms with E-state index in [9.17, 15) is 13.6 Å². The summed E-state index contributed by atoms with van der Waals surface area (Å²) < 4.78 is 25.0. The Morgan fingerprint density at radius 3 is 2.67 bits per heavy atom. The van der Waals surface area contributed by atoms with E-state index in [1.807, 2.05) is 6.92 Å².